The van der Waals surface area contributed by atoms with Gasteiger partial charge in [-0.25, -0.2) is 8.42 Å². The van der Waals surface area contributed by atoms with E-state index in [0.29, 0.717) is 5.02 Å². The molecule has 0 aromatic heterocycles. The van der Waals surface area contributed by atoms with Crippen LogP contribution < -0.4 is 5.32 Å². The van der Waals surface area contributed by atoms with E-state index in [1.165, 1.54) is 0 Å². The lowest BCUT2D eigenvalue weighted by Gasteiger charge is -2.22. The minimum atomic E-state index is -3.13. The number of sulfone groups is 1. The Balaban J connectivity index is 2.09. The summed E-state index contributed by atoms with van der Waals surface area (Å²) in [5.74, 6) is -0.192. The molecule has 1 saturated heterocycles. The molecule has 0 amide bonds. The molecule has 18 heavy (non-hydrogen) atoms. The van der Waals surface area contributed by atoms with Crippen LogP contribution >= 0.6 is 11.6 Å². The maximum absolute atomic E-state index is 11.4. The Morgan fingerprint density at radius 2 is 2.06 bits per heavy atom. The Morgan fingerprint density at radius 3 is 2.61 bits per heavy atom. The lowest BCUT2D eigenvalue weighted by atomic mass is 10.1. The molecule has 0 bridgehead atoms. The van der Waals surface area contributed by atoms with Crippen LogP contribution in [-0.2, 0) is 9.84 Å². The van der Waals surface area contributed by atoms with Crippen molar-refractivity contribution in [1.29, 1.82) is 0 Å². The van der Waals surface area contributed by atoms with Crippen LogP contribution in [-0.4, -0.2) is 37.2 Å². The van der Waals surface area contributed by atoms with Crippen LogP contribution in [0, 0.1) is 0 Å². The molecule has 1 aromatic rings. The monoisotopic (exact) mass is 289 g/mol. The number of aliphatic hydroxyl groups excluding tert-OH is 1. The Labute approximate surface area is 112 Å². The predicted octanol–water partition coefficient (Wildman–Crippen LogP) is 1.15. The van der Waals surface area contributed by atoms with Crippen LogP contribution in [0.5, 0.6) is 0 Å². The first-order valence-electron chi connectivity index (χ1n) is 5.78. The molecule has 3 atom stereocenters. The quantitative estimate of drug-likeness (QED) is 0.876. The van der Waals surface area contributed by atoms with E-state index in [4.69, 9.17) is 11.6 Å². The zero-order valence-electron chi connectivity index (χ0n) is 10.0. The van der Waals surface area contributed by atoms with Crippen molar-refractivity contribution in [2.75, 3.05) is 11.5 Å². The van der Waals surface area contributed by atoms with Gasteiger partial charge in [-0.2, -0.15) is 0 Å². The third-order valence-electron chi connectivity index (χ3n) is 3.16. The molecule has 0 aliphatic carbocycles. The van der Waals surface area contributed by atoms with Crippen molar-refractivity contribution in [3.8, 4) is 0 Å². The molecule has 0 saturated carbocycles. The number of hydrogen-bond acceptors (Lipinski definition) is 4. The van der Waals surface area contributed by atoms with E-state index >= 15 is 0 Å². The standard InChI is InChI=1S/C12H16ClNO3S/c1-8(9-4-2-3-5-10(9)13)14-11-6-18(16,17)7-12(11)15/h2-5,8,11-12,14-15H,6-7H2,1H3. The van der Waals surface area contributed by atoms with E-state index in [-0.39, 0.29) is 17.5 Å². The van der Waals surface area contributed by atoms with Gasteiger partial charge in [-0.15, -0.1) is 0 Å². The molecule has 1 aromatic carbocycles. The fraction of sp³-hybridized carbons (Fsp3) is 0.500. The van der Waals surface area contributed by atoms with E-state index in [0.717, 1.165) is 5.56 Å². The summed E-state index contributed by atoms with van der Waals surface area (Å²) in [6.07, 6.45) is -0.847. The van der Waals surface area contributed by atoms with Crippen molar-refractivity contribution in [3.05, 3.63) is 34.9 Å². The van der Waals surface area contributed by atoms with Crippen LogP contribution in [0.15, 0.2) is 24.3 Å². The molecule has 1 heterocycles. The number of hydrogen-bond donors (Lipinski definition) is 2. The molecule has 100 valence electrons. The van der Waals surface area contributed by atoms with E-state index in [9.17, 15) is 13.5 Å². The number of benzene rings is 1. The van der Waals surface area contributed by atoms with Gasteiger partial charge in [0, 0.05) is 17.1 Å². The summed E-state index contributed by atoms with van der Waals surface area (Å²) in [7, 11) is -3.13. The van der Waals surface area contributed by atoms with Gasteiger partial charge in [0.1, 0.15) is 0 Å². The van der Waals surface area contributed by atoms with E-state index in [1.807, 2.05) is 25.1 Å². The molecular formula is C12H16ClNO3S. The van der Waals surface area contributed by atoms with Crippen molar-refractivity contribution in [1.82, 2.24) is 5.32 Å². The van der Waals surface area contributed by atoms with Gasteiger partial charge in [-0.05, 0) is 18.6 Å². The van der Waals surface area contributed by atoms with E-state index in [2.05, 4.69) is 5.32 Å². The summed E-state index contributed by atoms with van der Waals surface area (Å²) in [5.41, 5.74) is 0.899. The lowest BCUT2D eigenvalue weighted by molar-refractivity contribution is 0.160. The topological polar surface area (TPSA) is 66.4 Å². The Bertz CT molecular complexity index is 532. The van der Waals surface area contributed by atoms with Gasteiger partial charge in [0.15, 0.2) is 9.84 Å². The second-order valence-electron chi connectivity index (χ2n) is 4.66. The highest BCUT2D eigenvalue weighted by atomic mass is 35.5. The molecule has 0 spiro atoms. The van der Waals surface area contributed by atoms with Gasteiger partial charge in [-0.1, -0.05) is 29.8 Å². The largest absolute Gasteiger partial charge is 0.390 e. The number of aliphatic hydroxyl groups is 1. The van der Waals surface area contributed by atoms with Gasteiger partial charge in [-0.3, -0.25) is 0 Å². The lowest BCUT2D eigenvalue weighted by Crippen LogP contribution is -2.40. The van der Waals surface area contributed by atoms with Gasteiger partial charge >= 0.3 is 0 Å². The molecule has 6 heteroatoms. The zero-order chi connectivity index (χ0) is 13.3. The number of nitrogens with one attached hydrogen (secondary N) is 1. The molecule has 3 unspecified atom stereocenters. The summed E-state index contributed by atoms with van der Waals surface area (Å²) < 4.78 is 22.8. The van der Waals surface area contributed by atoms with E-state index < -0.39 is 22.0 Å². The Hall–Kier alpha value is -0.620. The van der Waals surface area contributed by atoms with E-state index in [1.54, 1.807) is 6.07 Å². The van der Waals surface area contributed by atoms with Gasteiger partial charge in [0.25, 0.3) is 0 Å². The molecule has 1 fully saturated rings. The first kappa shape index (κ1) is 13.8. The SMILES string of the molecule is CC(NC1CS(=O)(=O)CC1O)c1ccccc1Cl. The smallest absolute Gasteiger partial charge is 0.154 e. The summed E-state index contributed by atoms with van der Waals surface area (Å²) in [5, 5.41) is 13.5. The van der Waals surface area contributed by atoms with Gasteiger partial charge < -0.3 is 10.4 Å². The summed E-state index contributed by atoms with van der Waals surface area (Å²) in [6.45, 7) is 1.90. The maximum atomic E-state index is 11.4. The highest BCUT2D eigenvalue weighted by Crippen LogP contribution is 2.24. The second kappa shape index (κ2) is 5.17. The molecule has 1 aliphatic heterocycles. The average Bonchev–Trinajstić information content (AvgIpc) is 2.52. The second-order valence-corrected chi connectivity index (χ2v) is 7.22. The third kappa shape index (κ3) is 3.03. The summed E-state index contributed by atoms with van der Waals surface area (Å²) in [4.78, 5) is 0. The average molecular weight is 290 g/mol. The van der Waals surface area contributed by atoms with Crippen LogP contribution in [0.1, 0.15) is 18.5 Å². The summed E-state index contributed by atoms with van der Waals surface area (Å²) in [6, 6.07) is 6.86. The summed E-state index contributed by atoms with van der Waals surface area (Å²) >= 11 is 6.08. The molecule has 1 aliphatic rings. The molecular weight excluding hydrogens is 274 g/mol. The van der Waals surface area contributed by atoms with Crippen molar-refractivity contribution in [2.24, 2.45) is 0 Å². The van der Waals surface area contributed by atoms with Crippen LogP contribution in [0.25, 0.3) is 0 Å². The minimum absolute atomic E-state index is 0.0248. The molecule has 0 radical (unpaired) electrons. The molecule has 2 rings (SSSR count). The predicted molar refractivity (Wildman–Crippen MR) is 71.5 cm³/mol. The van der Waals surface area contributed by atoms with Gasteiger partial charge in [0.05, 0.1) is 17.6 Å². The third-order valence-corrected chi connectivity index (χ3v) is 5.22. The molecule has 4 nitrogen and oxygen atoms in total. The van der Waals surface area contributed by atoms with Crippen molar-refractivity contribution in [2.45, 2.75) is 25.1 Å². The number of rotatable bonds is 3. The molecule has 2 N–H and O–H groups in total. The number of halogens is 1. The minimum Gasteiger partial charge on any atom is -0.390 e. The first-order chi connectivity index (χ1) is 8.39. The zero-order valence-corrected chi connectivity index (χ0v) is 11.6. The highest BCUT2D eigenvalue weighted by Gasteiger charge is 2.37. The van der Waals surface area contributed by atoms with Crippen LogP contribution in [0.2, 0.25) is 5.02 Å². The Morgan fingerprint density at radius 1 is 1.39 bits per heavy atom. The fourth-order valence-corrected chi connectivity index (χ4v) is 4.28. The highest BCUT2D eigenvalue weighted by molar-refractivity contribution is 7.91. The Kier molecular flexibility index (Phi) is 3.96. The maximum Gasteiger partial charge on any atom is 0.154 e. The van der Waals surface area contributed by atoms with Gasteiger partial charge in [0.2, 0.25) is 0 Å². The van der Waals surface area contributed by atoms with Crippen molar-refractivity contribution >= 4 is 21.4 Å². The van der Waals surface area contributed by atoms with Crippen LogP contribution in [0.4, 0.5) is 0 Å². The van der Waals surface area contributed by atoms with Crippen LogP contribution in [0.3, 0.4) is 0 Å². The van der Waals surface area contributed by atoms with Crippen molar-refractivity contribution < 1.29 is 13.5 Å². The van der Waals surface area contributed by atoms with Crippen molar-refractivity contribution in [3.63, 3.8) is 0 Å². The normalized spacial score (nSPS) is 28.2. The fourth-order valence-electron chi connectivity index (χ4n) is 2.23. The first-order valence-corrected chi connectivity index (χ1v) is 7.98.